The number of hydrogen-bond donors (Lipinski definition) is 1. The van der Waals surface area contributed by atoms with Gasteiger partial charge in [-0.1, -0.05) is 13.8 Å². The van der Waals surface area contributed by atoms with Crippen molar-refractivity contribution < 1.29 is 4.74 Å². The molecule has 2 N–H and O–H groups in total. The van der Waals surface area contributed by atoms with Crippen LogP contribution in [0.1, 0.15) is 27.7 Å². The molecule has 0 radical (unpaired) electrons. The SMILES string of the molecule is CCOCC(C)(CN)N1CC(C)SC(C)C1. The Bertz CT molecular complexity index is 205. The predicted octanol–water partition coefficient (Wildman–Crippen LogP) is 1.57. The molecule has 1 rings (SSSR count). The van der Waals surface area contributed by atoms with Crippen molar-refractivity contribution in [3.63, 3.8) is 0 Å². The summed E-state index contributed by atoms with van der Waals surface area (Å²) >= 11 is 2.07. The van der Waals surface area contributed by atoms with Crippen molar-refractivity contribution in [1.29, 1.82) is 0 Å². The zero-order valence-electron chi connectivity index (χ0n) is 11.0. The lowest BCUT2D eigenvalue weighted by Crippen LogP contribution is -2.59. The van der Waals surface area contributed by atoms with Gasteiger partial charge in [0.15, 0.2) is 0 Å². The zero-order valence-corrected chi connectivity index (χ0v) is 11.8. The van der Waals surface area contributed by atoms with Crippen LogP contribution < -0.4 is 5.73 Å². The molecule has 0 spiro atoms. The molecule has 1 heterocycles. The Labute approximate surface area is 104 Å². The van der Waals surface area contributed by atoms with Gasteiger partial charge in [0.25, 0.3) is 0 Å². The van der Waals surface area contributed by atoms with E-state index in [9.17, 15) is 0 Å². The van der Waals surface area contributed by atoms with Gasteiger partial charge in [0.2, 0.25) is 0 Å². The maximum absolute atomic E-state index is 5.94. The van der Waals surface area contributed by atoms with Crippen molar-refractivity contribution >= 4 is 11.8 Å². The molecule has 0 aliphatic carbocycles. The van der Waals surface area contributed by atoms with Crippen LogP contribution in [-0.2, 0) is 4.74 Å². The minimum Gasteiger partial charge on any atom is -0.380 e. The lowest BCUT2D eigenvalue weighted by molar-refractivity contribution is 0.00946. The van der Waals surface area contributed by atoms with Gasteiger partial charge in [0, 0.05) is 36.7 Å². The Kier molecular flexibility index (Phi) is 5.57. The molecule has 3 atom stereocenters. The van der Waals surface area contributed by atoms with E-state index in [-0.39, 0.29) is 5.54 Å². The minimum atomic E-state index is -0.000486. The van der Waals surface area contributed by atoms with E-state index in [2.05, 4.69) is 37.4 Å². The van der Waals surface area contributed by atoms with Crippen molar-refractivity contribution in [3.8, 4) is 0 Å². The number of hydrogen-bond acceptors (Lipinski definition) is 4. The average Bonchev–Trinajstić information content (AvgIpc) is 2.24. The van der Waals surface area contributed by atoms with Crippen LogP contribution >= 0.6 is 11.8 Å². The first kappa shape index (κ1) is 14.3. The van der Waals surface area contributed by atoms with Crippen molar-refractivity contribution in [1.82, 2.24) is 4.90 Å². The molecule has 1 fully saturated rings. The molecule has 1 aliphatic rings. The number of rotatable bonds is 5. The van der Waals surface area contributed by atoms with Gasteiger partial charge in [-0.05, 0) is 13.8 Å². The molecule has 3 nitrogen and oxygen atoms in total. The fourth-order valence-corrected chi connectivity index (χ4v) is 3.55. The summed E-state index contributed by atoms with van der Waals surface area (Å²) in [4.78, 5) is 2.51. The van der Waals surface area contributed by atoms with Crippen LogP contribution in [0.3, 0.4) is 0 Å². The topological polar surface area (TPSA) is 38.5 Å². The molecule has 0 amide bonds. The average molecular weight is 246 g/mol. The smallest absolute Gasteiger partial charge is 0.0659 e. The summed E-state index contributed by atoms with van der Waals surface area (Å²) in [6.45, 7) is 13.3. The molecular formula is C12H26N2OS. The molecule has 0 saturated carbocycles. The van der Waals surface area contributed by atoms with Gasteiger partial charge in [-0.2, -0.15) is 11.8 Å². The summed E-state index contributed by atoms with van der Waals surface area (Å²) in [6.07, 6.45) is 0. The minimum absolute atomic E-state index is 0.000486. The molecule has 0 aromatic carbocycles. The quantitative estimate of drug-likeness (QED) is 0.799. The van der Waals surface area contributed by atoms with E-state index in [1.165, 1.54) is 0 Å². The van der Waals surface area contributed by atoms with Crippen LogP contribution in [0.5, 0.6) is 0 Å². The van der Waals surface area contributed by atoms with Crippen molar-refractivity contribution in [2.75, 3.05) is 32.8 Å². The van der Waals surface area contributed by atoms with E-state index >= 15 is 0 Å². The molecule has 1 aliphatic heterocycles. The largest absolute Gasteiger partial charge is 0.380 e. The lowest BCUT2D eigenvalue weighted by Gasteiger charge is -2.46. The second-order valence-electron chi connectivity index (χ2n) is 5.00. The highest BCUT2D eigenvalue weighted by Gasteiger charge is 2.35. The summed E-state index contributed by atoms with van der Waals surface area (Å²) < 4.78 is 5.58. The molecule has 4 heteroatoms. The molecular weight excluding hydrogens is 220 g/mol. The normalized spacial score (nSPS) is 31.3. The van der Waals surface area contributed by atoms with Gasteiger partial charge >= 0.3 is 0 Å². The monoisotopic (exact) mass is 246 g/mol. The van der Waals surface area contributed by atoms with E-state index in [0.29, 0.717) is 17.0 Å². The maximum atomic E-state index is 5.94. The van der Waals surface area contributed by atoms with Crippen LogP contribution in [0.4, 0.5) is 0 Å². The van der Waals surface area contributed by atoms with Gasteiger partial charge < -0.3 is 10.5 Å². The zero-order chi connectivity index (χ0) is 12.2. The summed E-state index contributed by atoms with van der Waals surface area (Å²) in [7, 11) is 0. The number of nitrogens with two attached hydrogens (primary N) is 1. The van der Waals surface area contributed by atoms with Gasteiger partial charge in [-0.25, -0.2) is 0 Å². The van der Waals surface area contributed by atoms with Crippen molar-refractivity contribution in [2.45, 2.75) is 43.7 Å². The highest BCUT2D eigenvalue weighted by Crippen LogP contribution is 2.29. The summed E-state index contributed by atoms with van der Waals surface area (Å²) in [5.41, 5.74) is 5.94. The standard InChI is InChI=1S/C12H26N2OS/c1-5-15-9-12(4,8-13)14-6-10(2)16-11(3)7-14/h10-11H,5-9,13H2,1-4H3. The van der Waals surface area contributed by atoms with Gasteiger partial charge in [-0.3, -0.25) is 4.90 Å². The van der Waals surface area contributed by atoms with Crippen LogP contribution in [0, 0.1) is 0 Å². The molecule has 0 aromatic heterocycles. The Morgan fingerprint density at radius 2 is 1.94 bits per heavy atom. The van der Waals surface area contributed by atoms with Crippen LogP contribution in [0.2, 0.25) is 0 Å². The summed E-state index contributed by atoms with van der Waals surface area (Å²) in [5.74, 6) is 0. The number of ether oxygens (including phenoxy) is 1. The first-order valence-corrected chi connectivity index (χ1v) is 7.14. The Morgan fingerprint density at radius 3 is 2.38 bits per heavy atom. The fraction of sp³-hybridized carbons (Fsp3) is 1.00. The molecule has 0 bridgehead atoms. The number of nitrogens with zero attached hydrogens (tertiary/aromatic N) is 1. The van der Waals surface area contributed by atoms with E-state index < -0.39 is 0 Å². The van der Waals surface area contributed by atoms with Gasteiger partial charge in [0.1, 0.15) is 0 Å². The summed E-state index contributed by atoms with van der Waals surface area (Å²) in [6, 6.07) is 0. The third kappa shape index (κ3) is 3.62. The van der Waals surface area contributed by atoms with Crippen LogP contribution in [-0.4, -0.2) is 53.8 Å². The number of thioether (sulfide) groups is 1. The highest BCUT2D eigenvalue weighted by molar-refractivity contribution is 8.00. The van der Waals surface area contributed by atoms with Gasteiger partial charge in [-0.15, -0.1) is 0 Å². The second kappa shape index (κ2) is 6.24. The second-order valence-corrected chi connectivity index (χ2v) is 6.88. The molecule has 16 heavy (non-hydrogen) atoms. The van der Waals surface area contributed by atoms with Gasteiger partial charge in [0.05, 0.1) is 12.1 Å². The highest BCUT2D eigenvalue weighted by atomic mass is 32.2. The van der Waals surface area contributed by atoms with E-state index in [0.717, 1.165) is 26.3 Å². The lowest BCUT2D eigenvalue weighted by atomic mass is 10.00. The van der Waals surface area contributed by atoms with E-state index in [1.807, 2.05) is 6.92 Å². The van der Waals surface area contributed by atoms with Crippen LogP contribution in [0.15, 0.2) is 0 Å². The first-order chi connectivity index (χ1) is 7.51. The van der Waals surface area contributed by atoms with Crippen LogP contribution in [0.25, 0.3) is 0 Å². The summed E-state index contributed by atoms with van der Waals surface area (Å²) in [5, 5.41) is 1.38. The predicted molar refractivity (Wildman–Crippen MR) is 72.0 cm³/mol. The van der Waals surface area contributed by atoms with E-state index in [4.69, 9.17) is 10.5 Å². The molecule has 3 unspecified atom stereocenters. The molecule has 96 valence electrons. The van der Waals surface area contributed by atoms with E-state index in [1.54, 1.807) is 0 Å². The Morgan fingerprint density at radius 1 is 1.38 bits per heavy atom. The Hall–Kier alpha value is 0.230. The third-order valence-corrected chi connectivity index (χ3v) is 4.47. The van der Waals surface area contributed by atoms with Crippen molar-refractivity contribution in [2.24, 2.45) is 5.73 Å². The maximum Gasteiger partial charge on any atom is 0.0659 e. The molecule has 0 aromatic rings. The van der Waals surface area contributed by atoms with Crippen molar-refractivity contribution in [3.05, 3.63) is 0 Å². The third-order valence-electron chi connectivity index (χ3n) is 3.24. The molecule has 1 saturated heterocycles. The fourth-order valence-electron chi connectivity index (χ4n) is 2.22. The first-order valence-electron chi connectivity index (χ1n) is 6.20. The Balaban J connectivity index is 2.63.